The Labute approximate surface area is 50.5 Å². The standard InChI is InChI=1S/C6H13NO/c1-3-5-8-6-7-4-2/h3,5,7H,4,6H2,1-2H3/b5-3+. The Bertz CT molecular complexity index is 61.5. The highest BCUT2D eigenvalue weighted by Crippen LogP contribution is 1.71. The Morgan fingerprint density at radius 1 is 1.62 bits per heavy atom. The highest BCUT2D eigenvalue weighted by Gasteiger charge is 1.73. The van der Waals surface area contributed by atoms with Crippen molar-refractivity contribution in [2.45, 2.75) is 13.8 Å². The van der Waals surface area contributed by atoms with E-state index in [4.69, 9.17) is 4.74 Å². The van der Waals surface area contributed by atoms with E-state index in [9.17, 15) is 0 Å². The van der Waals surface area contributed by atoms with Crippen LogP contribution in [0.3, 0.4) is 0 Å². The van der Waals surface area contributed by atoms with Crippen LogP contribution < -0.4 is 5.32 Å². The maximum Gasteiger partial charge on any atom is 0.138 e. The second-order valence-electron chi connectivity index (χ2n) is 1.38. The second-order valence-corrected chi connectivity index (χ2v) is 1.38. The first kappa shape index (κ1) is 7.50. The Morgan fingerprint density at radius 3 is 2.88 bits per heavy atom. The minimum Gasteiger partial charge on any atom is -0.486 e. The molecule has 0 spiro atoms. The third-order valence-corrected chi connectivity index (χ3v) is 0.668. The fourth-order valence-electron chi connectivity index (χ4n) is 0.305. The van der Waals surface area contributed by atoms with Crippen LogP contribution in [0.4, 0.5) is 0 Å². The lowest BCUT2D eigenvalue weighted by atomic mass is 10.7. The normalized spacial score (nSPS) is 10.2. The minimum absolute atomic E-state index is 0.612. The molecule has 0 aliphatic rings. The molecule has 0 saturated heterocycles. The zero-order chi connectivity index (χ0) is 6.24. The van der Waals surface area contributed by atoms with Gasteiger partial charge in [-0.2, -0.15) is 0 Å². The van der Waals surface area contributed by atoms with Crippen molar-refractivity contribution >= 4 is 0 Å². The number of hydrogen-bond donors (Lipinski definition) is 1. The van der Waals surface area contributed by atoms with E-state index in [1.807, 2.05) is 19.9 Å². The summed E-state index contributed by atoms with van der Waals surface area (Å²) in [6.45, 7) is 5.53. The van der Waals surface area contributed by atoms with Gasteiger partial charge in [-0.15, -0.1) is 0 Å². The molecule has 8 heavy (non-hydrogen) atoms. The molecule has 0 aromatic carbocycles. The van der Waals surface area contributed by atoms with Gasteiger partial charge in [-0.3, -0.25) is 5.32 Å². The number of hydrogen-bond acceptors (Lipinski definition) is 2. The van der Waals surface area contributed by atoms with Crippen molar-refractivity contribution in [1.82, 2.24) is 5.32 Å². The lowest BCUT2D eigenvalue weighted by Gasteiger charge is -1.97. The number of allylic oxidation sites excluding steroid dienone is 1. The second kappa shape index (κ2) is 6.50. The Kier molecular flexibility index (Phi) is 6.09. The van der Waals surface area contributed by atoms with E-state index in [2.05, 4.69) is 5.32 Å². The first-order valence-corrected chi connectivity index (χ1v) is 2.85. The van der Waals surface area contributed by atoms with Gasteiger partial charge >= 0.3 is 0 Å². The molecular formula is C6H13NO. The Hall–Kier alpha value is -0.500. The minimum atomic E-state index is 0.612. The molecular weight excluding hydrogens is 102 g/mol. The first-order chi connectivity index (χ1) is 3.91. The lowest BCUT2D eigenvalue weighted by molar-refractivity contribution is 0.224. The number of rotatable bonds is 4. The molecule has 0 rings (SSSR count). The van der Waals surface area contributed by atoms with Gasteiger partial charge in [-0.05, 0) is 13.5 Å². The van der Waals surface area contributed by atoms with E-state index >= 15 is 0 Å². The molecule has 2 heteroatoms. The van der Waals surface area contributed by atoms with Crippen LogP contribution in [0.5, 0.6) is 0 Å². The van der Waals surface area contributed by atoms with Crippen molar-refractivity contribution in [2.75, 3.05) is 13.3 Å². The van der Waals surface area contributed by atoms with Gasteiger partial charge in [0.2, 0.25) is 0 Å². The summed E-state index contributed by atoms with van der Waals surface area (Å²) in [6.07, 6.45) is 3.53. The molecule has 0 radical (unpaired) electrons. The van der Waals surface area contributed by atoms with Crippen LogP contribution in [0.15, 0.2) is 12.3 Å². The lowest BCUT2D eigenvalue weighted by Crippen LogP contribution is -2.14. The summed E-state index contributed by atoms with van der Waals surface area (Å²) < 4.78 is 4.93. The van der Waals surface area contributed by atoms with Crippen molar-refractivity contribution in [3.05, 3.63) is 12.3 Å². The van der Waals surface area contributed by atoms with E-state index < -0.39 is 0 Å². The fourth-order valence-corrected chi connectivity index (χ4v) is 0.305. The van der Waals surface area contributed by atoms with Gasteiger partial charge in [-0.1, -0.05) is 13.0 Å². The molecule has 0 amide bonds. The predicted molar refractivity (Wildman–Crippen MR) is 34.4 cm³/mol. The molecule has 0 fully saturated rings. The highest BCUT2D eigenvalue weighted by atomic mass is 16.5. The van der Waals surface area contributed by atoms with Crippen molar-refractivity contribution < 1.29 is 4.74 Å². The number of nitrogens with one attached hydrogen (secondary N) is 1. The van der Waals surface area contributed by atoms with E-state index in [-0.39, 0.29) is 0 Å². The summed E-state index contributed by atoms with van der Waals surface area (Å²) in [5.41, 5.74) is 0. The van der Waals surface area contributed by atoms with Gasteiger partial charge < -0.3 is 4.74 Å². The van der Waals surface area contributed by atoms with Crippen molar-refractivity contribution in [3.8, 4) is 0 Å². The largest absolute Gasteiger partial charge is 0.486 e. The van der Waals surface area contributed by atoms with Crippen molar-refractivity contribution in [2.24, 2.45) is 0 Å². The van der Waals surface area contributed by atoms with Crippen LogP contribution in [0.25, 0.3) is 0 Å². The fraction of sp³-hybridized carbons (Fsp3) is 0.667. The quantitative estimate of drug-likeness (QED) is 0.336. The molecule has 0 aliphatic carbocycles. The predicted octanol–water partition coefficient (Wildman–Crippen LogP) is 1.10. The summed E-state index contributed by atoms with van der Waals surface area (Å²) in [7, 11) is 0. The third-order valence-electron chi connectivity index (χ3n) is 0.668. The van der Waals surface area contributed by atoms with Gasteiger partial charge in [0, 0.05) is 0 Å². The molecule has 0 aromatic heterocycles. The summed E-state index contributed by atoms with van der Waals surface area (Å²) in [4.78, 5) is 0. The molecule has 0 heterocycles. The van der Waals surface area contributed by atoms with E-state index in [1.54, 1.807) is 6.26 Å². The summed E-state index contributed by atoms with van der Waals surface area (Å²) in [5, 5.41) is 3.01. The smallest absolute Gasteiger partial charge is 0.138 e. The molecule has 0 bridgehead atoms. The molecule has 0 atom stereocenters. The van der Waals surface area contributed by atoms with Crippen LogP contribution in [-0.2, 0) is 4.74 Å². The maximum atomic E-state index is 4.93. The summed E-state index contributed by atoms with van der Waals surface area (Å²) in [6, 6.07) is 0. The summed E-state index contributed by atoms with van der Waals surface area (Å²) in [5.74, 6) is 0. The molecule has 0 saturated carbocycles. The summed E-state index contributed by atoms with van der Waals surface area (Å²) >= 11 is 0. The van der Waals surface area contributed by atoms with Gasteiger partial charge in [0.15, 0.2) is 0 Å². The Morgan fingerprint density at radius 2 is 2.38 bits per heavy atom. The van der Waals surface area contributed by atoms with Crippen LogP contribution in [0.1, 0.15) is 13.8 Å². The van der Waals surface area contributed by atoms with Gasteiger partial charge in [-0.25, -0.2) is 0 Å². The van der Waals surface area contributed by atoms with E-state index in [0.29, 0.717) is 6.73 Å². The van der Waals surface area contributed by atoms with Crippen molar-refractivity contribution in [3.63, 3.8) is 0 Å². The van der Waals surface area contributed by atoms with Gasteiger partial charge in [0.25, 0.3) is 0 Å². The van der Waals surface area contributed by atoms with Crippen LogP contribution in [-0.4, -0.2) is 13.3 Å². The van der Waals surface area contributed by atoms with Crippen molar-refractivity contribution in [1.29, 1.82) is 0 Å². The highest BCUT2D eigenvalue weighted by molar-refractivity contribution is 4.64. The molecule has 0 unspecified atom stereocenters. The molecule has 0 aromatic rings. The average Bonchev–Trinajstić information content (AvgIpc) is 1.81. The first-order valence-electron chi connectivity index (χ1n) is 2.85. The molecule has 48 valence electrons. The average molecular weight is 115 g/mol. The topological polar surface area (TPSA) is 21.3 Å². The third kappa shape index (κ3) is 5.50. The molecule has 1 N–H and O–H groups in total. The van der Waals surface area contributed by atoms with E-state index in [0.717, 1.165) is 6.54 Å². The number of ether oxygens (including phenoxy) is 1. The zero-order valence-corrected chi connectivity index (χ0v) is 5.48. The SMILES string of the molecule is C/C=C/OCNCC. The Balaban J connectivity index is 2.72. The van der Waals surface area contributed by atoms with Crippen LogP contribution in [0.2, 0.25) is 0 Å². The van der Waals surface area contributed by atoms with E-state index in [1.165, 1.54) is 0 Å². The molecule has 0 aliphatic heterocycles. The van der Waals surface area contributed by atoms with Gasteiger partial charge in [0.1, 0.15) is 6.73 Å². The molecule has 2 nitrogen and oxygen atoms in total. The zero-order valence-electron chi connectivity index (χ0n) is 5.48. The van der Waals surface area contributed by atoms with Crippen LogP contribution >= 0.6 is 0 Å². The monoisotopic (exact) mass is 115 g/mol. The van der Waals surface area contributed by atoms with Crippen LogP contribution in [0, 0.1) is 0 Å². The van der Waals surface area contributed by atoms with Gasteiger partial charge in [0.05, 0.1) is 6.26 Å². The maximum absolute atomic E-state index is 4.93.